The van der Waals surface area contributed by atoms with Crippen LogP contribution >= 0.6 is 11.6 Å². The molecule has 206 valence electrons. The number of halogens is 2. The summed E-state index contributed by atoms with van der Waals surface area (Å²) in [6.45, 7) is 0.182. The van der Waals surface area contributed by atoms with E-state index in [1.807, 2.05) is 30.3 Å². The number of furan rings is 1. The summed E-state index contributed by atoms with van der Waals surface area (Å²) in [6.07, 6.45) is 2.66. The highest BCUT2D eigenvalue weighted by Gasteiger charge is 2.20. The zero-order valence-electron chi connectivity index (χ0n) is 21.7. The summed E-state index contributed by atoms with van der Waals surface area (Å²) in [5.74, 6) is 1.74. The first-order valence-corrected chi connectivity index (χ1v) is 14.8. The Morgan fingerprint density at radius 3 is 2.65 bits per heavy atom. The van der Waals surface area contributed by atoms with Gasteiger partial charge in [0.25, 0.3) is 0 Å². The molecule has 5 rings (SSSR count). The summed E-state index contributed by atoms with van der Waals surface area (Å²) in [5.41, 5.74) is 2.89. The van der Waals surface area contributed by atoms with Gasteiger partial charge in [-0.25, -0.2) is 22.8 Å². The van der Waals surface area contributed by atoms with Crippen molar-refractivity contribution in [1.29, 1.82) is 0 Å². The molecule has 0 unspecified atom stereocenters. The minimum absolute atomic E-state index is 0.0761. The summed E-state index contributed by atoms with van der Waals surface area (Å²) in [4.78, 5) is 8.79. The molecule has 2 aromatic heterocycles. The van der Waals surface area contributed by atoms with Crippen molar-refractivity contribution in [2.24, 2.45) is 0 Å². The van der Waals surface area contributed by atoms with E-state index in [9.17, 15) is 12.8 Å². The summed E-state index contributed by atoms with van der Waals surface area (Å²) < 4.78 is 48.8. The largest absolute Gasteiger partial charge is 0.487 e. The van der Waals surface area contributed by atoms with Crippen LogP contribution in [0.3, 0.4) is 0 Å². The lowest BCUT2D eigenvalue weighted by Gasteiger charge is -2.13. The molecule has 0 spiro atoms. The van der Waals surface area contributed by atoms with E-state index < -0.39 is 15.9 Å². The molecule has 0 aliphatic rings. The Balaban J connectivity index is 1.36. The first kappa shape index (κ1) is 27.6. The number of benzene rings is 3. The van der Waals surface area contributed by atoms with Crippen molar-refractivity contribution >= 4 is 43.8 Å². The van der Waals surface area contributed by atoms with Gasteiger partial charge in [0.2, 0.25) is 0 Å². The third kappa shape index (κ3) is 6.59. The molecule has 8 nitrogen and oxygen atoms in total. The molecule has 0 aliphatic carbocycles. The van der Waals surface area contributed by atoms with Crippen molar-refractivity contribution in [3.05, 3.63) is 101 Å². The van der Waals surface area contributed by atoms with Crippen LogP contribution in [0.15, 0.2) is 83.5 Å². The zero-order valence-corrected chi connectivity index (χ0v) is 23.3. The van der Waals surface area contributed by atoms with Crippen LogP contribution in [0.25, 0.3) is 22.2 Å². The summed E-state index contributed by atoms with van der Waals surface area (Å²) >= 11 is 6.47. The molecule has 2 heterocycles. The van der Waals surface area contributed by atoms with Crippen LogP contribution < -0.4 is 15.4 Å². The molecule has 40 heavy (non-hydrogen) atoms. The van der Waals surface area contributed by atoms with Crippen LogP contribution in [-0.4, -0.2) is 37.4 Å². The number of sulfone groups is 1. The molecule has 1 atom stereocenters. The van der Waals surface area contributed by atoms with E-state index in [4.69, 9.17) is 20.8 Å². The number of hydrogen-bond donors (Lipinski definition) is 2. The second kappa shape index (κ2) is 11.6. The normalized spacial score (nSPS) is 12.4. The molecule has 0 bridgehead atoms. The van der Waals surface area contributed by atoms with Crippen molar-refractivity contribution in [2.45, 2.75) is 12.6 Å². The highest BCUT2D eigenvalue weighted by atomic mass is 35.5. The summed E-state index contributed by atoms with van der Waals surface area (Å²) in [6, 6.07) is 20.2. The Kier molecular flexibility index (Phi) is 8.02. The van der Waals surface area contributed by atoms with Crippen LogP contribution in [0, 0.1) is 5.82 Å². The number of fused-ring (bicyclic) bond motifs is 1. The molecule has 0 saturated heterocycles. The lowest BCUT2D eigenvalue weighted by Crippen LogP contribution is -2.24. The highest BCUT2D eigenvalue weighted by molar-refractivity contribution is 7.90. The van der Waals surface area contributed by atoms with Gasteiger partial charge >= 0.3 is 0 Å². The van der Waals surface area contributed by atoms with E-state index >= 15 is 0 Å². The van der Waals surface area contributed by atoms with E-state index in [1.54, 1.807) is 37.4 Å². The smallest absolute Gasteiger partial charge is 0.149 e. The van der Waals surface area contributed by atoms with Gasteiger partial charge in [0.15, 0.2) is 0 Å². The average molecular weight is 581 g/mol. The summed E-state index contributed by atoms with van der Waals surface area (Å²) in [5, 5.41) is 7.42. The van der Waals surface area contributed by atoms with Gasteiger partial charge in [-0.1, -0.05) is 23.7 Å². The lowest BCUT2D eigenvalue weighted by molar-refractivity contribution is 0.306. The third-order valence-electron chi connectivity index (χ3n) is 6.19. The molecular weight excluding hydrogens is 555 g/mol. The molecule has 3 aromatic carbocycles. The molecule has 5 aromatic rings. The van der Waals surface area contributed by atoms with Crippen LogP contribution in [0.4, 0.5) is 15.9 Å². The molecular formula is C29H26ClFN4O4S. The van der Waals surface area contributed by atoms with Gasteiger partial charge in [-0.15, -0.1) is 0 Å². The van der Waals surface area contributed by atoms with Gasteiger partial charge in [0, 0.05) is 22.9 Å². The van der Waals surface area contributed by atoms with E-state index in [0.717, 1.165) is 16.5 Å². The highest BCUT2D eigenvalue weighted by Crippen LogP contribution is 2.33. The van der Waals surface area contributed by atoms with Gasteiger partial charge in [-0.05, 0) is 73.3 Å². The third-order valence-corrected chi connectivity index (χ3v) is 7.42. The SMILES string of the molecule is CN[C@@H](CS(C)(=O)=O)c1ccc(-c2ccc3ncnc(Nc4ccc(OCc5cccc(F)c5)c(Cl)c4)c3c2)o1. The quantitative estimate of drug-likeness (QED) is 0.198. The number of hydrogen-bond acceptors (Lipinski definition) is 8. The topological polar surface area (TPSA) is 106 Å². The Morgan fingerprint density at radius 2 is 1.90 bits per heavy atom. The van der Waals surface area contributed by atoms with E-state index in [-0.39, 0.29) is 18.2 Å². The molecule has 0 amide bonds. The van der Waals surface area contributed by atoms with E-state index in [1.165, 1.54) is 24.7 Å². The maximum absolute atomic E-state index is 13.4. The fourth-order valence-corrected chi connectivity index (χ4v) is 5.41. The monoisotopic (exact) mass is 580 g/mol. The maximum atomic E-state index is 13.4. The fraction of sp³-hybridized carbons (Fsp3) is 0.172. The first-order chi connectivity index (χ1) is 19.2. The van der Waals surface area contributed by atoms with Crippen molar-refractivity contribution in [1.82, 2.24) is 15.3 Å². The van der Waals surface area contributed by atoms with Crippen LogP contribution in [0.1, 0.15) is 17.4 Å². The number of nitrogens with zero attached hydrogens (tertiary/aromatic N) is 2. The second-order valence-corrected chi connectivity index (χ2v) is 11.9. The van der Waals surface area contributed by atoms with Crippen molar-refractivity contribution in [2.75, 3.05) is 24.4 Å². The minimum Gasteiger partial charge on any atom is -0.487 e. The maximum Gasteiger partial charge on any atom is 0.149 e. The minimum atomic E-state index is -3.21. The van der Waals surface area contributed by atoms with Gasteiger partial charge in [0.1, 0.15) is 51.7 Å². The van der Waals surface area contributed by atoms with Crippen molar-refractivity contribution in [3.63, 3.8) is 0 Å². The predicted octanol–water partition coefficient (Wildman–Crippen LogP) is 6.31. The predicted molar refractivity (Wildman–Crippen MR) is 154 cm³/mol. The first-order valence-electron chi connectivity index (χ1n) is 12.3. The lowest BCUT2D eigenvalue weighted by atomic mass is 10.1. The zero-order chi connectivity index (χ0) is 28.3. The second-order valence-electron chi connectivity index (χ2n) is 9.28. The Hall–Kier alpha value is -3.99. The molecule has 0 aliphatic heterocycles. The molecule has 0 radical (unpaired) electrons. The Labute approximate surface area is 236 Å². The molecule has 0 saturated carbocycles. The number of aromatic nitrogens is 2. The van der Waals surface area contributed by atoms with E-state index in [0.29, 0.717) is 39.4 Å². The van der Waals surface area contributed by atoms with Crippen LogP contribution in [0.2, 0.25) is 5.02 Å². The summed E-state index contributed by atoms with van der Waals surface area (Å²) in [7, 11) is -1.51. The number of rotatable bonds is 10. The standard InChI is InChI=1S/C29H26ClFN4O4S/c1-32-25(16-40(2,36)37)28-11-10-26(39-28)19-6-8-24-22(13-19)29(34-17-33-24)35-21-7-9-27(23(30)14-21)38-15-18-4-3-5-20(31)12-18/h3-14,17,25,32H,15-16H2,1-2H3,(H,33,34,35)/t25-/m0/s1. The number of ether oxygens (including phenoxy) is 1. The van der Waals surface area contributed by atoms with Crippen molar-refractivity contribution in [3.8, 4) is 17.1 Å². The van der Waals surface area contributed by atoms with Crippen molar-refractivity contribution < 1.29 is 22.0 Å². The Morgan fingerprint density at radius 1 is 1.05 bits per heavy atom. The molecule has 2 N–H and O–H groups in total. The van der Waals surface area contributed by atoms with Gasteiger partial charge < -0.3 is 19.8 Å². The fourth-order valence-electron chi connectivity index (χ4n) is 4.24. The van der Waals surface area contributed by atoms with Gasteiger partial charge in [-0.2, -0.15) is 0 Å². The average Bonchev–Trinajstić information content (AvgIpc) is 3.41. The van der Waals surface area contributed by atoms with E-state index in [2.05, 4.69) is 20.6 Å². The molecule has 11 heteroatoms. The van der Waals surface area contributed by atoms with Gasteiger partial charge in [0.05, 0.1) is 22.3 Å². The van der Waals surface area contributed by atoms with Crippen LogP contribution in [-0.2, 0) is 16.4 Å². The van der Waals surface area contributed by atoms with Gasteiger partial charge in [-0.3, -0.25) is 0 Å². The number of anilines is 2. The molecule has 0 fully saturated rings. The van der Waals surface area contributed by atoms with Crippen LogP contribution in [0.5, 0.6) is 5.75 Å². The Bertz CT molecular complexity index is 1780. The number of nitrogens with one attached hydrogen (secondary N) is 2.